The van der Waals surface area contributed by atoms with Gasteiger partial charge in [0.25, 0.3) is 0 Å². The molecule has 0 bridgehead atoms. The number of rotatable bonds is 8. The van der Waals surface area contributed by atoms with Gasteiger partial charge in [-0.3, -0.25) is 4.79 Å². The summed E-state index contributed by atoms with van der Waals surface area (Å²) >= 11 is 0. The van der Waals surface area contributed by atoms with Crippen LogP contribution in [0.2, 0.25) is 0 Å². The van der Waals surface area contributed by atoms with Crippen molar-refractivity contribution in [3.8, 4) is 11.5 Å². The highest BCUT2D eigenvalue weighted by atomic mass is 16.5. The molecule has 26 heavy (non-hydrogen) atoms. The molecule has 0 aliphatic heterocycles. The van der Waals surface area contributed by atoms with Gasteiger partial charge in [0.05, 0.1) is 20.1 Å². The Morgan fingerprint density at radius 3 is 1.77 bits per heavy atom. The van der Waals surface area contributed by atoms with Crippen LogP contribution in [0, 0.1) is 0 Å². The fourth-order valence-electron chi connectivity index (χ4n) is 2.74. The average Bonchev–Trinajstić information content (AvgIpc) is 2.67. The lowest BCUT2D eigenvalue weighted by Crippen LogP contribution is -2.36. The fourth-order valence-corrected chi connectivity index (χ4v) is 2.74. The Morgan fingerprint density at radius 1 is 0.923 bits per heavy atom. The maximum Gasteiger partial charge on any atom is 0.330 e. The number of hydrogen-bond acceptors (Lipinski definition) is 4. The van der Waals surface area contributed by atoms with Crippen molar-refractivity contribution in [2.24, 2.45) is 0 Å². The van der Waals surface area contributed by atoms with Crippen molar-refractivity contribution in [2.45, 2.75) is 25.3 Å². The topological polar surface area (TPSA) is 84.9 Å². The summed E-state index contributed by atoms with van der Waals surface area (Å²) in [6.45, 7) is 1.89. The molecule has 0 heterocycles. The van der Waals surface area contributed by atoms with Crippen LogP contribution < -0.4 is 14.8 Å². The highest BCUT2D eigenvalue weighted by molar-refractivity contribution is 5.88. The maximum absolute atomic E-state index is 12.7. The van der Waals surface area contributed by atoms with Crippen LogP contribution in [-0.2, 0) is 9.59 Å². The lowest BCUT2D eigenvalue weighted by atomic mass is 9.94. The smallest absolute Gasteiger partial charge is 0.330 e. The Kier molecular flexibility index (Phi) is 6.60. The summed E-state index contributed by atoms with van der Waals surface area (Å²) in [6, 6.07) is 12.7. The molecule has 0 saturated carbocycles. The van der Waals surface area contributed by atoms with E-state index < -0.39 is 17.9 Å². The zero-order valence-corrected chi connectivity index (χ0v) is 15.1. The summed E-state index contributed by atoms with van der Waals surface area (Å²) in [7, 11) is 3.11. The largest absolute Gasteiger partial charge is 0.497 e. The van der Waals surface area contributed by atoms with Gasteiger partial charge in [-0.25, -0.2) is 4.79 Å². The van der Waals surface area contributed by atoms with E-state index in [1.807, 2.05) is 19.1 Å². The van der Waals surface area contributed by atoms with Crippen LogP contribution in [0.15, 0.2) is 48.5 Å². The van der Waals surface area contributed by atoms with Gasteiger partial charge >= 0.3 is 5.97 Å². The first kappa shape index (κ1) is 19.3. The molecule has 2 aromatic carbocycles. The molecule has 0 spiro atoms. The van der Waals surface area contributed by atoms with Gasteiger partial charge < -0.3 is 19.9 Å². The predicted molar refractivity (Wildman–Crippen MR) is 97.5 cm³/mol. The molecule has 0 saturated heterocycles. The van der Waals surface area contributed by atoms with Crippen molar-refractivity contribution in [1.82, 2.24) is 5.32 Å². The number of carboxylic acids is 1. The van der Waals surface area contributed by atoms with Crippen molar-refractivity contribution in [1.29, 1.82) is 0 Å². The molecule has 138 valence electrons. The number of aliphatic carboxylic acids is 1. The highest BCUT2D eigenvalue weighted by Crippen LogP contribution is 2.24. The molecule has 6 heteroatoms. The Hall–Kier alpha value is -3.02. The quantitative estimate of drug-likeness (QED) is 0.758. The lowest BCUT2D eigenvalue weighted by molar-refractivity contribution is -0.142. The lowest BCUT2D eigenvalue weighted by Gasteiger charge is -2.20. The second-order valence-electron chi connectivity index (χ2n) is 5.79. The van der Waals surface area contributed by atoms with E-state index in [4.69, 9.17) is 9.47 Å². The Labute approximate surface area is 152 Å². The van der Waals surface area contributed by atoms with Gasteiger partial charge in [0.1, 0.15) is 11.5 Å². The predicted octanol–water partition coefficient (Wildman–Crippen LogP) is 3.14. The van der Waals surface area contributed by atoms with Crippen molar-refractivity contribution in [2.75, 3.05) is 14.2 Å². The molecule has 0 aromatic heterocycles. The molecule has 0 aliphatic carbocycles. The number of nitrogens with one attached hydrogen (secondary N) is 1. The van der Waals surface area contributed by atoms with Gasteiger partial charge in [0.2, 0.25) is 5.91 Å². The Balaban J connectivity index is 2.19. The molecule has 2 aromatic rings. The first-order valence-electron chi connectivity index (χ1n) is 8.31. The standard InChI is InChI=1S/C20H23NO5/c1-4-17(13-5-9-15(25-2)10-6-13)19(22)21-18(20(23)24)14-7-11-16(26-3)12-8-14/h5-12,17-18H,4H2,1-3H3,(H,21,22)(H,23,24). The van der Waals surface area contributed by atoms with Gasteiger partial charge in [-0.1, -0.05) is 31.2 Å². The second-order valence-corrected chi connectivity index (χ2v) is 5.79. The molecule has 2 unspecified atom stereocenters. The summed E-state index contributed by atoms with van der Waals surface area (Å²) in [6.07, 6.45) is 0.549. The number of carboxylic acid groups (broad SMARTS) is 1. The number of carbonyl (C=O) groups excluding carboxylic acids is 1. The molecule has 0 aliphatic rings. The van der Waals surface area contributed by atoms with E-state index in [2.05, 4.69) is 5.32 Å². The van der Waals surface area contributed by atoms with Crippen LogP contribution in [0.5, 0.6) is 11.5 Å². The molecule has 1 amide bonds. The molecular formula is C20H23NO5. The van der Waals surface area contributed by atoms with Crippen LogP contribution >= 0.6 is 0 Å². The van der Waals surface area contributed by atoms with Crippen LogP contribution in [-0.4, -0.2) is 31.2 Å². The molecule has 2 N–H and O–H groups in total. The van der Waals surface area contributed by atoms with Crippen molar-refractivity contribution in [3.63, 3.8) is 0 Å². The van der Waals surface area contributed by atoms with Gasteiger partial charge in [-0.15, -0.1) is 0 Å². The molecule has 0 fully saturated rings. The summed E-state index contributed by atoms with van der Waals surface area (Å²) in [5.41, 5.74) is 1.29. The van der Waals surface area contributed by atoms with Crippen molar-refractivity contribution < 1.29 is 24.2 Å². The van der Waals surface area contributed by atoms with Crippen LogP contribution in [0.4, 0.5) is 0 Å². The second kappa shape index (κ2) is 8.89. The average molecular weight is 357 g/mol. The van der Waals surface area contributed by atoms with Gasteiger partial charge in [-0.05, 0) is 41.8 Å². The third-order valence-corrected chi connectivity index (χ3v) is 4.23. The number of hydrogen-bond donors (Lipinski definition) is 2. The number of amides is 1. The van der Waals surface area contributed by atoms with Crippen molar-refractivity contribution in [3.05, 3.63) is 59.7 Å². The fraction of sp³-hybridized carbons (Fsp3) is 0.300. The zero-order chi connectivity index (χ0) is 19.1. The molecule has 2 atom stereocenters. The molecule has 6 nitrogen and oxygen atoms in total. The van der Waals surface area contributed by atoms with E-state index in [1.54, 1.807) is 43.5 Å². The summed E-state index contributed by atoms with van der Waals surface area (Å²) in [4.78, 5) is 24.4. The normalized spacial score (nSPS) is 12.7. The third kappa shape index (κ3) is 4.53. The molecule has 2 rings (SSSR count). The number of benzene rings is 2. The van der Waals surface area contributed by atoms with Crippen molar-refractivity contribution >= 4 is 11.9 Å². The maximum atomic E-state index is 12.7. The van der Waals surface area contributed by atoms with Gasteiger partial charge in [0, 0.05) is 0 Å². The summed E-state index contributed by atoms with van der Waals surface area (Å²) in [5.74, 6) is -0.575. The minimum absolute atomic E-state index is 0.333. The number of methoxy groups -OCH3 is 2. The zero-order valence-electron chi connectivity index (χ0n) is 15.1. The third-order valence-electron chi connectivity index (χ3n) is 4.23. The van der Waals surface area contributed by atoms with Crippen LogP contribution in [0.1, 0.15) is 36.4 Å². The van der Waals surface area contributed by atoms with E-state index in [-0.39, 0.29) is 5.91 Å². The van der Waals surface area contributed by atoms with E-state index >= 15 is 0 Å². The first-order valence-corrected chi connectivity index (χ1v) is 8.31. The molecule has 0 radical (unpaired) electrons. The molecular weight excluding hydrogens is 334 g/mol. The number of ether oxygens (including phenoxy) is 2. The minimum Gasteiger partial charge on any atom is -0.497 e. The van der Waals surface area contributed by atoms with E-state index in [0.29, 0.717) is 23.5 Å². The van der Waals surface area contributed by atoms with E-state index in [0.717, 1.165) is 5.56 Å². The van der Waals surface area contributed by atoms with Crippen LogP contribution in [0.3, 0.4) is 0 Å². The highest BCUT2D eigenvalue weighted by Gasteiger charge is 2.26. The monoisotopic (exact) mass is 357 g/mol. The van der Waals surface area contributed by atoms with Gasteiger partial charge in [0.15, 0.2) is 6.04 Å². The van der Waals surface area contributed by atoms with E-state index in [1.165, 1.54) is 7.11 Å². The summed E-state index contributed by atoms with van der Waals surface area (Å²) < 4.78 is 10.2. The Bertz CT molecular complexity index is 740. The first-order chi connectivity index (χ1) is 12.5. The van der Waals surface area contributed by atoms with Crippen LogP contribution in [0.25, 0.3) is 0 Å². The number of carbonyl (C=O) groups is 2. The SMILES string of the molecule is CCC(C(=O)NC(C(=O)O)c1ccc(OC)cc1)c1ccc(OC)cc1. The van der Waals surface area contributed by atoms with Gasteiger partial charge in [-0.2, -0.15) is 0 Å². The Morgan fingerprint density at radius 2 is 1.38 bits per heavy atom. The van der Waals surface area contributed by atoms with E-state index in [9.17, 15) is 14.7 Å². The minimum atomic E-state index is -1.12. The summed E-state index contributed by atoms with van der Waals surface area (Å²) in [5, 5.41) is 12.2.